The van der Waals surface area contributed by atoms with Crippen molar-refractivity contribution in [3.05, 3.63) is 53.3 Å². The number of nitrogens with zero attached hydrogens (tertiary/aromatic N) is 1. The summed E-state index contributed by atoms with van der Waals surface area (Å²) in [6, 6.07) is 8.02. The monoisotopic (exact) mass is 416 g/mol. The number of fused-ring (bicyclic) bond motifs is 1. The van der Waals surface area contributed by atoms with Gasteiger partial charge in [-0.1, -0.05) is 6.07 Å². The predicted molar refractivity (Wildman–Crippen MR) is 110 cm³/mol. The summed E-state index contributed by atoms with van der Waals surface area (Å²) in [6.45, 7) is 4.95. The Bertz CT molecular complexity index is 934. The van der Waals surface area contributed by atoms with Gasteiger partial charge in [0.2, 0.25) is 0 Å². The normalized spacial score (nSPS) is 15.3. The minimum atomic E-state index is -1.02. The van der Waals surface area contributed by atoms with Crippen molar-refractivity contribution in [3.8, 4) is 11.5 Å². The number of carboxylic acids is 1. The van der Waals surface area contributed by atoms with E-state index in [-0.39, 0.29) is 6.42 Å². The first-order chi connectivity index (χ1) is 14.4. The molecule has 2 aromatic rings. The second-order valence-electron chi connectivity index (χ2n) is 6.86. The highest BCUT2D eigenvalue weighted by Crippen LogP contribution is 2.40. The van der Waals surface area contributed by atoms with Crippen LogP contribution in [-0.4, -0.2) is 41.8 Å². The molecule has 30 heavy (non-hydrogen) atoms. The molecule has 0 bridgehead atoms. The molecule has 0 saturated heterocycles. The molecule has 1 heterocycles. The second-order valence-corrected chi connectivity index (χ2v) is 6.86. The smallest absolute Gasteiger partial charge is 0.322 e. The Hall–Kier alpha value is -3.29. The molecule has 0 unspecified atom stereocenters. The quantitative estimate of drug-likeness (QED) is 0.705. The lowest BCUT2D eigenvalue weighted by atomic mass is 9.90. The Morgan fingerprint density at radius 1 is 1.17 bits per heavy atom. The second kappa shape index (κ2) is 9.47. The van der Waals surface area contributed by atoms with Gasteiger partial charge in [-0.25, -0.2) is 9.18 Å². The molecule has 1 atom stereocenters. The minimum Gasteiger partial charge on any atom is -0.490 e. The Kier molecular flexibility index (Phi) is 6.76. The molecule has 2 N–H and O–H groups in total. The number of carbonyl (C=O) groups excluding carboxylic acids is 1. The molecule has 7 nitrogen and oxygen atoms in total. The van der Waals surface area contributed by atoms with Crippen LogP contribution in [0.15, 0.2) is 36.4 Å². The van der Waals surface area contributed by atoms with E-state index in [1.165, 1.54) is 23.1 Å². The van der Waals surface area contributed by atoms with Crippen molar-refractivity contribution in [1.82, 2.24) is 4.90 Å². The third kappa shape index (κ3) is 4.82. The number of benzene rings is 2. The molecule has 0 aliphatic carbocycles. The summed E-state index contributed by atoms with van der Waals surface area (Å²) in [7, 11) is 0. The molecule has 2 aromatic carbocycles. The number of urea groups is 1. The summed E-state index contributed by atoms with van der Waals surface area (Å²) in [6.07, 6.45) is 0.275. The Morgan fingerprint density at radius 3 is 2.50 bits per heavy atom. The van der Waals surface area contributed by atoms with Gasteiger partial charge < -0.3 is 24.8 Å². The molecular weight excluding hydrogens is 391 g/mol. The van der Waals surface area contributed by atoms with Crippen LogP contribution >= 0.6 is 0 Å². The zero-order chi connectivity index (χ0) is 21.7. The zero-order valence-corrected chi connectivity index (χ0v) is 17.0. The van der Waals surface area contributed by atoms with Crippen LogP contribution in [0.2, 0.25) is 0 Å². The lowest BCUT2D eigenvalue weighted by Gasteiger charge is -2.37. The molecule has 160 valence electrons. The minimum absolute atomic E-state index is 0.261. The van der Waals surface area contributed by atoms with Crippen LogP contribution in [0.4, 0.5) is 14.9 Å². The van der Waals surface area contributed by atoms with Crippen molar-refractivity contribution in [2.75, 3.05) is 25.1 Å². The first-order valence-corrected chi connectivity index (χ1v) is 9.90. The van der Waals surface area contributed by atoms with Crippen LogP contribution in [-0.2, 0) is 11.2 Å². The standard InChI is InChI=1S/C22H25FN2O5/c1-3-29-19-10-14-8-9-25(22(28)24-16-7-5-6-15(23)11-16)18(13-21(26)27)17(14)12-20(19)30-4-2/h5-7,10-12,18H,3-4,8-9,13H2,1-2H3,(H,24,28)(H,26,27)/t18-/m1/s1. The topological polar surface area (TPSA) is 88.1 Å². The fraction of sp³-hybridized carbons (Fsp3) is 0.364. The van der Waals surface area contributed by atoms with E-state index in [4.69, 9.17) is 9.47 Å². The van der Waals surface area contributed by atoms with Crippen LogP contribution in [0.3, 0.4) is 0 Å². The van der Waals surface area contributed by atoms with Crippen molar-refractivity contribution in [2.45, 2.75) is 32.7 Å². The van der Waals surface area contributed by atoms with E-state index >= 15 is 0 Å². The molecule has 1 aliphatic heterocycles. The fourth-order valence-corrected chi connectivity index (χ4v) is 3.64. The van der Waals surface area contributed by atoms with Crippen molar-refractivity contribution in [2.24, 2.45) is 0 Å². The molecule has 0 saturated carbocycles. The maximum Gasteiger partial charge on any atom is 0.322 e. The van der Waals surface area contributed by atoms with Crippen molar-refractivity contribution in [1.29, 1.82) is 0 Å². The number of nitrogens with one attached hydrogen (secondary N) is 1. The van der Waals surface area contributed by atoms with Crippen molar-refractivity contribution in [3.63, 3.8) is 0 Å². The number of hydrogen-bond acceptors (Lipinski definition) is 4. The van der Waals surface area contributed by atoms with Gasteiger partial charge in [0.05, 0.1) is 25.7 Å². The lowest BCUT2D eigenvalue weighted by molar-refractivity contribution is -0.138. The predicted octanol–water partition coefficient (Wildman–Crippen LogP) is 4.23. The van der Waals surface area contributed by atoms with E-state index in [1.807, 2.05) is 19.9 Å². The van der Waals surface area contributed by atoms with Crippen LogP contribution < -0.4 is 14.8 Å². The first-order valence-electron chi connectivity index (χ1n) is 9.90. The average molecular weight is 416 g/mol. The van der Waals surface area contributed by atoms with E-state index < -0.39 is 23.9 Å². The van der Waals surface area contributed by atoms with Gasteiger partial charge in [-0.05, 0) is 61.7 Å². The van der Waals surface area contributed by atoms with Crippen LogP contribution in [0, 0.1) is 5.82 Å². The summed E-state index contributed by atoms with van der Waals surface area (Å²) >= 11 is 0. The highest BCUT2D eigenvalue weighted by molar-refractivity contribution is 5.90. The van der Waals surface area contributed by atoms with Crippen LogP contribution in [0.5, 0.6) is 11.5 Å². The van der Waals surface area contributed by atoms with Gasteiger partial charge in [-0.3, -0.25) is 4.79 Å². The largest absolute Gasteiger partial charge is 0.490 e. The highest BCUT2D eigenvalue weighted by atomic mass is 19.1. The van der Waals surface area contributed by atoms with E-state index in [0.29, 0.717) is 48.9 Å². The highest BCUT2D eigenvalue weighted by Gasteiger charge is 2.34. The molecule has 0 fully saturated rings. The number of carbonyl (C=O) groups is 2. The molecule has 8 heteroatoms. The van der Waals surface area contributed by atoms with Gasteiger partial charge in [0, 0.05) is 12.2 Å². The zero-order valence-electron chi connectivity index (χ0n) is 17.0. The van der Waals surface area contributed by atoms with Gasteiger partial charge >= 0.3 is 12.0 Å². The van der Waals surface area contributed by atoms with E-state index in [1.54, 1.807) is 12.1 Å². The Morgan fingerprint density at radius 2 is 1.87 bits per heavy atom. The summed E-state index contributed by atoms with van der Waals surface area (Å²) in [4.78, 5) is 25.9. The first kappa shape index (κ1) is 21.4. The molecule has 1 aliphatic rings. The Labute approximate surface area is 174 Å². The number of aliphatic carboxylic acids is 1. The number of rotatable bonds is 7. The van der Waals surface area contributed by atoms with Gasteiger partial charge in [0.15, 0.2) is 11.5 Å². The number of carboxylic acid groups (broad SMARTS) is 1. The van der Waals surface area contributed by atoms with Gasteiger partial charge in [-0.2, -0.15) is 0 Å². The fourth-order valence-electron chi connectivity index (χ4n) is 3.64. The van der Waals surface area contributed by atoms with Gasteiger partial charge in [0.1, 0.15) is 5.82 Å². The third-order valence-electron chi connectivity index (χ3n) is 4.87. The van der Waals surface area contributed by atoms with Crippen LogP contribution in [0.25, 0.3) is 0 Å². The number of hydrogen-bond donors (Lipinski definition) is 2. The van der Waals surface area contributed by atoms with E-state index in [0.717, 1.165) is 5.56 Å². The summed E-state index contributed by atoms with van der Waals surface area (Å²) < 4.78 is 24.8. The summed E-state index contributed by atoms with van der Waals surface area (Å²) in [5.41, 5.74) is 1.94. The number of amides is 2. The number of ether oxygens (including phenoxy) is 2. The van der Waals surface area contributed by atoms with Crippen molar-refractivity contribution >= 4 is 17.7 Å². The maximum atomic E-state index is 13.5. The summed E-state index contributed by atoms with van der Waals surface area (Å²) in [5.74, 6) is -0.377. The summed E-state index contributed by atoms with van der Waals surface area (Å²) in [5, 5.41) is 12.1. The average Bonchev–Trinajstić information content (AvgIpc) is 2.69. The van der Waals surface area contributed by atoms with E-state index in [9.17, 15) is 19.1 Å². The molecule has 2 amide bonds. The Balaban J connectivity index is 1.94. The molecule has 0 radical (unpaired) electrons. The SMILES string of the molecule is CCOc1cc2c(cc1OCC)[C@@H](CC(=O)O)N(C(=O)Nc1cccc(F)c1)CC2. The lowest BCUT2D eigenvalue weighted by Crippen LogP contribution is -2.43. The van der Waals surface area contributed by atoms with E-state index in [2.05, 4.69) is 5.32 Å². The molecule has 0 spiro atoms. The molecule has 3 rings (SSSR count). The third-order valence-corrected chi connectivity index (χ3v) is 4.87. The van der Waals surface area contributed by atoms with Crippen molar-refractivity contribution < 1.29 is 28.6 Å². The maximum absolute atomic E-state index is 13.5. The number of anilines is 1. The van der Waals surface area contributed by atoms with Gasteiger partial charge in [0.25, 0.3) is 0 Å². The molecule has 0 aromatic heterocycles. The van der Waals surface area contributed by atoms with Gasteiger partial charge in [-0.15, -0.1) is 0 Å². The number of halogens is 1. The van der Waals surface area contributed by atoms with Crippen LogP contribution in [0.1, 0.15) is 37.4 Å². The molecular formula is C22H25FN2O5.